The van der Waals surface area contributed by atoms with Crippen LogP contribution in [0.3, 0.4) is 0 Å². The molecular weight excluding hydrogens is 367 g/mol. The van der Waals surface area contributed by atoms with Gasteiger partial charge in [-0.2, -0.15) is 13.2 Å². The van der Waals surface area contributed by atoms with Crippen molar-refractivity contribution in [3.63, 3.8) is 0 Å². The van der Waals surface area contributed by atoms with E-state index in [9.17, 15) is 18.0 Å². The molecule has 1 aliphatic heterocycles. The van der Waals surface area contributed by atoms with Gasteiger partial charge in [0.05, 0.1) is 5.56 Å². The number of halogens is 3. The highest BCUT2D eigenvalue weighted by atomic mass is 19.4. The number of likely N-dealkylation sites (tertiary alicyclic amines) is 1. The van der Waals surface area contributed by atoms with Crippen LogP contribution in [0.15, 0.2) is 42.6 Å². The standard InChI is InChI=1S/C21H24F3N3O/c1-15-8-10-27(11-9-15)14-17-4-2-16(3-5-17)12-26-20(28)18-6-7-19(25-13-18)21(22,23)24/h2-7,13,15H,8-12,14H2,1H3,(H,26,28). The Morgan fingerprint density at radius 3 is 2.32 bits per heavy atom. The third-order valence-electron chi connectivity index (χ3n) is 5.07. The van der Waals surface area contributed by atoms with Gasteiger partial charge in [0.2, 0.25) is 0 Å². The SMILES string of the molecule is CC1CCN(Cc2ccc(CNC(=O)c3ccc(C(F)(F)F)nc3)cc2)CC1. The first-order valence-electron chi connectivity index (χ1n) is 9.43. The Hall–Kier alpha value is -2.41. The molecule has 0 spiro atoms. The molecule has 1 fully saturated rings. The Bertz CT molecular complexity index is 780. The van der Waals surface area contributed by atoms with Crippen molar-refractivity contribution in [2.75, 3.05) is 13.1 Å². The molecule has 1 aromatic heterocycles. The summed E-state index contributed by atoms with van der Waals surface area (Å²) in [5.41, 5.74) is 1.26. The van der Waals surface area contributed by atoms with E-state index in [0.717, 1.165) is 49.4 Å². The van der Waals surface area contributed by atoms with Crippen LogP contribution in [0.5, 0.6) is 0 Å². The molecule has 150 valence electrons. The maximum atomic E-state index is 12.5. The summed E-state index contributed by atoms with van der Waals surface area (Å²) >= 11 is 0. The maximum absolute atomic E-state index is 12.5. The zero-order valence-corrected chi connectivity index (χ0v) is 15.8. The number of hydrogen-bond donors (Lipinski definition) is 1. The number of piperidine rings is 1. The summed E-state index contributed by atoms with van der Waals surface area (Å²) in [5, 5.41) is 2.71. The first-order valence-corrected chi connectivity index (χ1v) is 9.43. The Balaban J connectivity index is 1.49. The van der Waals surface area contributed by atoms with E-state index in [2.05, 4.69) is 34.3 Å². The predicted octanol–water partition coefficient (Wildman–Crippen LogP) is 4.26. The third-order valence-corrected chi connectivity index (χ3v) is 5.07. The van der Waals surface area contributed by atoms with Gasteiger partial charge in [0.15, 0.2) is 0 Å². The number of pyridine rings is 1. The summed E-state index contributed by atoms with van der Waals surface area (Å²) in [4.78, 5) is 17.9. The molecular formula is C21H24F3N3O. The van der Waals surface area contributed by atoms with Gasteiger partial charge < -0.3 is 5.32 Å². The largest absolute Gasteiger partial charge is 0.433 e. The highest BCUT2D eigenvalue weighted by molar-refractivity contribution is 5.93. The van der Waals surface area contributed by atoms with Gasteiger partial charge in [0, 0.05) is 19.3 Å². The minimum absolute atomic E-state index is 0.101. The summed E-state index contributed by atoms with van der Waals surface area (Å²) in [6.07, 6.45) is -1.09. The lowest BCUT2D eigenvalue weighted by atomic mass is 9.99. The number of aromatic nitrogens is 1. The molecule has 0 aliphatic carbocycles. The minimum atomic E-state index is -4.51. The molecule has 1 aliphatic rings. The fourth-order valence-corrected chi connectivity index (χ4v) is 3.22. The number of hydrogen-bond acceptors (Lipinski definition) is 3. The first kappa shape index (κ1) is 20.3. The zero-order valence-electron chi connectivity index (χ0n) is 15.8. The van der Waals surface area contributed by atoms with Crippen molar-refractivity contribution in [1.82, 2.24) is 15.2 Å². The minimum Gasteiger partial charge on any atom is -0.348 e. The summed E-state index contributed by atoms with van der Waals surface area (Å²) in [5.74, 6) is 0.356. The summed E-state index contributed by atoms with van der Waals surface area (Å²) in [6, 6.07) is 9.98. The van der Waals surface area contributed by atoms with Gasteiger partial charge in [-0.15, -0.1) is 0 Å². The lowest BCUT2D eigenvalue weighted by Gasteiger charge is -2.30. The van der Waals surface area contributed by atoms with Crippen molar-refractivity contribution in [2.45, 2.75) is 39.0 Å². The van der Waals surface area contributed by atoms with Crippen LogP contribution in [0.25, 0.3) is 0 Å². The van der Waals surface area contributed by atoms with Gasteiger partial charge in [-0.3, -0.25) is 14.7 Å². The van der Waals surface area contributed by atoms with Crippen LogP contribution in [-0.4, -0.2) is 28.9 Å². The second-order valence-electron chi connectivity index (χ2n) is 7.39. The van der Waals surface area contributed by atoms with Gasteiger partial charge in [0.25, 0.3) is 5.91 Å². The molecule has 0 unspecified atom stereocenters. The van der Waals surface area contributed by atoms with Crippen LogP contribution < -0.4 is 5.32 Å². The molecule has 1 saturated heterocycles. The normalized spacial score (nSPS) is 16.1. The first-order chi connectivity index (χ1) is 13.3. The molecule has 3 rings (SSSR count). The predicted molar refractivity (Wildman–Crippen MR) is 101 cm³/mol. The number of alkyl halides is 3. The van der Waals surface area contributed by atoms with Crippen LogP contribution in [0.2, 0.25) is 0 Å². The van der Waals surface area contributed by atoms with E-state index in [-0.39, 0.29) is 5.56 Å². The van der Waals surface area contributed by atoms with E-state index in [1.807, 2.05) is 12.1 Å². The monoisotopic (exact) mass is 391 g/mol. The molecule has 0 bridgehead atoms. The Labute approximate surface area is 162 Å². The molecule has 4 nitrogen and oxygen atoms in total. The number of rotatable bonds is 5. The van der Waals surface area contributed by atoms with Gasteiger partial charge >= 0.3 is 6.18 Å². The van der Waals surface area contributed by atoms with Crippen molar-refractivity contribution < 1.29 is 18.0 Å². The van der Waals surface area contributed by atoms with Crippen molar-refractivity contribution in [2.24, 2.45) is 5.92 Å². The molecule has 1 N–H and O–H groups in total. The number of carbonyl (C=O) groups excluding carboxylic acids is 1. The molecule has 2 heterocycles. The quantitative estimate of drug-likeness (QED) is 0.828. The van der Waals surface area contributed by atoms with Crippen molar-refractivity contribution in [3.8, 4) is 0 Å². The van der Waals surface area contributed by atoms with E-state index in [0.29, 0.717) is 6.54 Å². The van der Waals surface area contributed by atoms with Crippen LogP contribution in [0.4, 0.5) is 13.2 Å². The van der Waals surface area contributed by atoms with Crippen LogP contribution in [0, 0.1) is 5.92 Å². The van der Waals surface area contributed by atoms with Crippen molar-refractivity contribution >= 4 is 5.91 Å². The second-order valence-corrected chi connectivity index (χ2v) is 7.39. The van der Waals surface area contributed by atoms with Crippen LogP contribution in [0.1, 0.15) is 46.9 Å². The molecule has 7 heteroatoms. The van der Waals surface area contributed by atoms with E-state index in [1.165, 1.54) is 18.4 Å². The lowest BCUT2D eigenvalue weighted by Crippen LogP contribution is -2.32. The molecule has 28 heavy (non-hydrogen) atoms. The number of carbonyl (C=O) groups is 1. The summed E-state index contributed by atoms with van der Waals surface area (Å²) in [6.45, 7) is 5.78. The Kier molecular flexibility index (Phi) is 6.34. The lowest BCUT2D eigenvalue weighted by molar-refractivity contribution is -0.141. The molecule has 0 radical (unpaired) electrons. The smallest absolute Gasteiger partial charge is 0.348 e. The average Bonchev–Trinajstić information content (AvgIpc) is 2.68. The van der Waals surface area contributed by atoms with E-state index in [1.54, 1.807) is 0 Å². The Morgan fingerprint density at radius 2 is 1.75 bits per heavy atom. The Morgan fingerprint density at radius 1 is 1.11 bits per heavy atom. The summed E-state index contributed by atoms with van der Waals surface area (Å²) < 4.78 is 37.6. The van der Waals surface area contributed by atoms with Gasteiger partial charge in [0.1, 0.15) is 5.69 Å². The molecule has 1 amide bonds. The van der Waals surface area contributed by atoms with Gasteiger partial charge in [-0.25, -0.2) is 0 Å². The number of nitrogens with one attached hydrogen (secondary N) is 1. The van der Waals surface area contributed by atoms with Crippen LogP contribution in [-0.2, 0) is 19.3 Å². The fourth-order valence-electron chi connectivity index (χ4n) is 3.22. The van der Waals surface area contributed by atoms with E-state index < -0.39 is 17.8 Å². The van der Waals surface area contributed by atoms with Crippen molar-refractivity contribution in [1.29, 1.82) is 0 Å². The number of benzene rings is 1. The zero-order chi connectivity index (χ0) is 20.1. The maximum Gasteiger partial charge on any atom is 0.433 e. The van der Waals surface area contributed by atoms with Crippen LogP contribution >= 0.6 is 0 Å². The highest BCUT2D eigenvalue weighted by Crippen LogP contribution is 2.27. The summed E-state index contributed by atoms with van der Waals surface area (Å²) in [7, 11) is 0. The van der Waals surface area contributed by atoms with Crippen molar-refractivity contribution in [3.05, 3.63) is 65.0 Å². The van der Waals surface area contributed by atoms with E-state index in [4.69, 9.17) is 0 Å². The second kappa shape index (κ2) is 8.73. The molecule has 1 aromatic carbocycles. The average molecular weight is 391 g/mol. The van der Waals surface area contributed by atoms with Gasteiger partial charge in [-0.1, -0.05) is 31.2 Å². The van der Waals surface area contributed by atoms with E-state index >= 15 is 0 Å². The molecule has 0 saturated carbocycles. The number of amides is 1. The molecule has 0 atom stereocenters. The van der Waals surface area contributed by atoms with Gasteiger partial charge in [-0.05, 0) is 55.1 Å². The third kappa shape index (κ3) is 5.55. The highest BCUT2D eigenvalue weighted by Gasteiger charge is 2.32. The topological polar surface area (TPSA) is 45.2 Å². The number of nitrogens with zero attached hydrogens (tertiary/aromatic N) is 2. The molecule has 2 aromatic rings. The fraction of sp³-hybridized carbons (Fsp3) is 0.429.